The van der Waals surface area contributed by atoms with Crippen LogP contribution in [-0.4, -0.2) is 31.3 Å². The SMILES string of the molecule is CNC(C)c1cccc(F)c1N1CC2CCC(O)C2C1. The number of halogens is 1. The van der Waals surface area contributed by atoms with Gasteiger partial charge in [-0.25, -0.2) is 4.39 Å². The molecule has 1 aliphatic carbocycles. The summed E-state index contributed by atoms with van der Waals surface area (Å²) in [6.45, 7) is 3.69. The maximum atomic E-state index is 14.3. The Hall–Kier alpha value is -1.13. The van der Waals surface area contributed by atoms with E-state index in [0.717, 1.165) is 37.2 Å². The fourth-order valence-electron chi connectivity index (χ4n) is 3.79. The van der Waals surface area contributed by atoms with E-state index in [1.165, 1.54) is 6.07 Å². The molecule has 0 spiro atoms. The van der Waals surface area contributed by atoms with Crippen molar-refractivity contribution in [2.75, 3.05) is 25.0 Å². The second kappa shape index (κ2) is 5.34. The number of fused-ring (bicyclic) bond motifs is 1. The van der Waals surface area contributed by atoms with Crippen molar-refractivity contribution in [1.82, 2.24) is 5.32 Å². The van der Waals surface area contributed by atoms with Crippen LogP contribution in [0.3, 0.4) is 0 Å². The summed E-state index contributed by atoms with van der Waals surface area (Å²) in [4.78, 5) is 2.14. The van der Waals surface area contributed by atoms with Gasteiger partial charge in [0.1, 0.15) is 5.82 Å². The van der Waals surface area contributed by atoms with E-state index in [2.05, 4.69) is 10.2 Å². The quantitative estimate of drug-likeness (QED) is 0.890. The highest BCUT2D eigenvalue weighted by Gasteiger charge is 2.42. The molecular formula is C16H23FN2O. The molecule has 1 aliphatic heterocycles. The van der Waals surface area contributed by atoms with Gasteiger partial charge in [-0.3, -0.25) is 0 Å². The summed E-state index contributed by atoms with van der Waals surface area (Å²) in [7, 11) is 1.89. The van der Waals surface area contributed by atoms with Gasteiger partial charge >= 0.3 is 0 Å². The minimum atomic E-state index is -0.207. The Labute approximate surface area is 119 Å². The van der Waals surface area contributed by atoms with Crippen LogP contribution in [0.2, 0.25) is 0 Å². The Morgan fingerprint density at radius 2 is 2.15 bits per heavy atom. The summed E-state index contributed by atoms with van der Waals surface area (Å²) in [5.41, 5.74) is 1.72. The Morgan fingerprint density at radius 1 is 1.35 bits per heavy atom. The fraction of sp³-hybridized carbons (Fsp3) is 0.625. The number of nitrogens with zero attached hydrogens (tertiary/aromatic N) is 1. The maximum Gasteiger partial charge on any atom is 0.146 e. The van der Waals surface area contributed by atoms with Gasteiger partial charge in [-0.2, -0.15) is 0 Å². The Kier molecular flexibility index (Phi) is 3.69. The summed E-state index contributed by atoms with van der Waals surface area (Å²) < 4.78 is 14.3. The third kappa shape index (κ3) is 2.21. The molecule has 4 atom stereocenters. The second-order valence-corrected chi connectivity index (χ2v) is 6.16. The number of para-hydroxylation sites is 1. The number of aliphatic hydroxyl groups excluding tert-OH is 1. The number of hydrogen-bond donors (Lipinski definition) is 2. The summed E-state index contributed by atoms with van der Waals surface area (Å²) in [5, 5.41) is 13.2. The van der Waals surface area contributed by atoms with Crippen LogP contribution >= 0.6 is 0 Å². The summed E-state index contributed by atoms with van der Waals surface area (Å²) in [6, 6.07) is 5.41. The lowest BCUT2D eigenvalue weighted by molar-refractivity contribution is 0.133. The number of aliphatic hydroxyl groups is 1. The van der Waals surface area contributed by atoms with Crippen molar-refractivity contribution in [3.05, 3.63) is 29.6 Å². The van der Waals surface area contributed by atoms with Crippen molar-refractivity contribution in [3.8, 4) is 0 Å². The van der Waals surface area contributed by atoms with Crippen molar-refractivity contribution in [1.29, 1.82) is 0 Å². The highest BCUT2D eigenvalue weighted by atomic mass is 19.1. The molecule has 0 aromatic heterocycles. The van der Waals surface area contributed by atoms with Gasteiger partial charge in [0.05, 0.1) is 11.8 Å². The molecule has 0 bridgehead atoms. The van der Waals surface area contributed by atoms with E-state index in [4.69, 9.17) is 0 Å². The zero-order valence-electron chi connectivity index (χ0n) is 12.1. The molecule has 0 radical (unpaired) electrons. The van der Waals surface area contributed by atoms with Crippen LogP contribution in [0.5, 0.6) is 0 Å². The molecule has 1 saturated heterocycles. The summed E-state index contributed by atoms with van der Waals surface area (Å²) in [5.74, 6) is 0.675. The third-order valence-electron chi connectivity index (χ3n) is 5.05. The largest absolute Gasteiger partial charge is 0.393 e. The smallest absolute Gasteiger partial charge is 0.146 e. The van der Waals surface area contributed by atoms with E-state index in [9.17, 15) is 9.50 Å². The Balaban J connectivity index is 1.91. The van der Waals surface area contributed by atoms with Gasteiger partial charge in [-0.1, -0.05) is 12.1 Å². The van der Waals surface area contributed by atoms with Gasteiger partial charge in [0, 0.05) is 25.0 Å². The van der Waals surface area contributed by atoms with Gasteiger partial charge in [0.2, 0.25) is 0 Å². The van der Waals surface area contributed by atoms with Gasteiger partial charge < -0.3 is 15.3 Å². The highest BCUT2D eigenvalue weighted by molar-refractivity contribution is 5.57. The first-order valence-corrected chi connectivity index (χ1v) is 7.50. The molecule has 0 amide bonds. The van der Waals surface area contributed by atoms with Crippen LogP contribution in [0, 0.1) is 17.7 Å². The lowest BCUT2D eigenvalue weighted by atomic mass is 10.00. The zero-order valence-corrected chi connectivity index (χ0v) is 12.1. The molecule has 2 aliphatic rings. The molecule has 20 heavy (non-hydrogen) atoms. The first kappa shape index (κ1) is 13.8. The molecule has 1 aromatic rings. The Morgan fingerprint density at radius 3 is 2.85 bits per heavy atom. The third-order valence-corrected chi connectivity index (χ3v) is 5.05. The van der Waals surface area contributed by atoms with Crippen molar-refractivity contribution in [3.63, 3.8) is 0 Å². The Bertz CT molecular complexity index is 493. The first-order valence-electron chi connectivity index (χ1n) is 7.50. The molecule has 1 heterocycles. The van der Waals surface area contributed by atoms with Gasteiger partial charge in [0.15, 0.2) is 0 Å². The van der Waals surface area contributed by atoms with E-state index >= 15 is 0 Å². The maximum absolute atomic E-state index is 14.3. The van der Waals surface area contributed by atoms with Crippen molar-refractivity contribution < 1.29 is 9.50 Å². The second-order valence-electron chi connectivity index (χ2n) is 6.16. The minimum Gasteiger partial charge on any atom is -0.393 e. The normalized spacial score (nSPS) is 30.6. The predicted octanol–water partition coefficient (Wildman–Crippen LogP) is 2.31. The molecule has 1 aromatic carbocycles. The van der Waals surface area contributed by atoms with Crippen molar-refractivity contribution in [2.45, 2.75) is 31.9 Å². The molecule has 110 valence electrons. The van der Waals surface area contributed by atoms with E-state index in [0.29, 0.717) is 11.8 Å². The molecule has 1 saturated carbocycles. The van der Waals surface area contributed by atoms with Gasteiger partial charge in [-0.05, 0) is 44.4 Å². The predicted molar refractivity (Wildman–Crippen MR) is 78.3 cm³/mol. The van der Waals surface area contributed by atoms with E-state index in [1.54, 1.807) is 6.07 Å². The first-order chi connectivity index (χ1) is 9.61. The average molecular weight is 278 g/mol. The van der Waals surface area contributed by atoms with Crippen molar-refractivity contribution in [2.24, 2.45) is 11.8 Å². The molecule has 3 nitrogen and oxygen atoms in total. The van der Waals surface area contributed by atoms with Crippen LogP contribution in [0.25, 0.3) is 0 Å². The van der Waals surface area contributed by atoms with Gasteiger partial charge in [0.25, 0.3) is 0 Å². The van der Waals surface area contributed by atoms with Crippen LogP contribution in [0.4, 0.5) is 10.1 Å². The number of anilines is 1. The minimum absolute atomic E-state index is 0.117. The van der Waals surface area contributed by atoms with Crippen LogP contribution in [0.1, 0.15) is 31.4 Å². The number of hydrogen-bond acceptors (Lipinski definition) is 3. The van der Waals surface area contributed by atoms with Crippen molar-refractivity contribution >= 4 is 5.69 Å². The van der Waals surface area contributed by atoms with E-state index in [-0.39, 0.29) is 18.0 Å². The lowest BCUT2D eigenvalue weighted by Gasteiger charge is -2.26. The van der Waals surface area contributed by atoms with Crippen LogP contribution in [0.15, 0.2) is 18.2 Å². The zero-order chi connectivity index (χ0) is 14.3. The van der Waals surface area contributed by atoms with E-state index in [1.807, 2.05) is 20.0 Å². The number of nitrogens with one attached hydrogen (secondary N) is 1. The molecule has 2 N–H and O–H groups in total. The van der Waals surface area contributed by atoms with Crippen LogP contribution < -0.4 is 10.2 Å². The topological polar surface area (TPSA) is 35.5 Å². The molecule has 3 rings (SSSR count). The monoisotopic (exact) mass is 278 g/mol. The molecule has 4 unspecified atom stereocenters. The standard InChI is InChI=1S/C16H23FN2O/c1-10(18-2)12-4-3-5-14(17)16(12)19-8-11-6-7-15(20)13(11)9-19/h3-5,10-11,13,15,18,20H,6-9H2,1-2H3. The summed E-state index contributed by atoms with van der Waals surface area (Å²) >= 11 is 0. The average Bonchev–Trinajstić information content (AvgIpc) is 3.00. The fourth-order valence-corrected chi connectivity index (χ4v) is 3.79. The van der Waals surface area contributed by atoms with Gasteiger partial charge in [-0.15, -0.1) is 0 Å². The highest BCUT2D eigenvalue weighted by Crippen LogP contribution is 2.42. The number of rotatable bonds is 3. The van der Waals surface area contributed by atoms with Crippen LogP contribution in [-0.2, 0) is 0 Å². The summed E-state index contributed by atoms with van der Waals surface area (Å²) in [6.07, 6.45) is 1.76. The van der Waals surface area contributed by atoms with E-state index < -0.39 is 0 Å². The lowest BCUT2D eigenvalue weighted by Crippen LogP contribution is -2.27. The molecule has 2 fully saturated rings. The molecular weight excluding hydrogens is 255 g/mol. The number of benzene rings is 1. The molecule has 4 heteroatoms.